The molecule has 1 aliphatic carbocycles. The normalized spacial score (nSPS) is 26.8. The fourth-order valence-corrected chi connectivity index (χ4v) is 5.14. The van der Waals surface area contributed by atoms with Gasteiger partial charge in [-0.2, -0.15) is 0 Å². The summed E-state index contributed by atoms with van der Waals surface area (Å²) in [6.45, 7) is 4.71. The third-order valence-electron chi connectivity index (χ3n) is 6.64. The maximum Gasteiger partial charge on any atom is 0.224 e. The van der Waals surface area contributed by atoms with Crippen LogP contribution >= 0.6 is 0 Å². The Bertz CT molecular complexity index is 445. The van der Waals surface area contributed by atoms with Crippen molar-refractivity contribution in [2.24, 2.45) is 0 Å². The summed E-state index contributed by atoms with van der Waals surface area (Å²) in [5.74, 6) is 0.238. The molecular weight excluding hydrogens is 332 g/mol. The van der Waals surface area contributed by atoms with Gasteiger partial charge in [-0.05, 0) is 25.7 Å². The Morgan fingerprint density at radius 1 is 1.00 bits per heavy atom. The van der Waals surface area contributed by atoms with E-state index in [1.54, 1.807) is 14.2 Å². The van der Waals surface area contributed by atoms with Crippen molar-refractivity contribution in [2.75, 3.05) is 53.7 Å². The minimum absolute atomic E-state index is 0.238. The number of piperidine rings is 1. The van der Waals surface area contributed by atoms with E-state index in [1.807, 2.05) is 4.90 Å². The predicted octanol–water partition coefficient (Wildman–Crippen LogP) is 2.06. The second kappa shape index (κ2) is 9.49. The molecule has 0 aromatic heterocycles. The molecule has 6 heteroatoms. The number of carbonyl (C=O) groups excluding carboxylic acids is 1. The van der Waals surface area contributed by atoms with Crippen molar-refractivity contribution in [3.8, 4) is 0 Å². The Balaban J connectivity index is 1.53. The summed E-state index contributed by atoms with van der Waals surface area (Å²) >= 11 is 0. The first-order valence-electron chi connectivity index (χ1n) is 10.4. The molecule has 1 unspecified atom stereocenters. The van der Waals surface area contributed by atoms with Crippen LogP contribution in [0.4, 0.5) is 0 Å². The maximum atomic E-state index is 12.2. The molecule has 3 fully saturated rings. The first kappa shape index (κ1) is 20.1. The number of amides is 1. The van der Waals surface area contributed by atoms with E-state index >= 15 is 0 Å². The average Bonchev–Trinajstić information content (AvgIpc) is 2.69. The van der Waals surface area contributed by atoms with E-state index in [1.165, 1.54) is 32.1 Å². The molecule has 1 spiro atoms. The van der Waals surface area contributed by atoms with E-state index in [4.69, 9.17) is 14.2 Å². The van der Waals surface area contributed by atoms with Crippen molar-refractivity contribution >= 4 is 5.91 Å². The molecule has 2 heterocycles. The zero-order chi connectivity index (χ0) is 18.4. The molecule has 0 aromatic rings. The summed E-state index contributed by atoms with van der Waals surface area (Å²) < 4.78 is 16.4. The Hall–Kier alpha value is -0.690. The van der Waals surface area contributed by atoms with Crippen LogP contribution in [0.5, 0.6) is 0 Å². The number of hydrogen-bond donors (Lipinski definition) is 0. The first-order valence-corrected chi connectivity index (χ1v) is 10.4. The molecule has 6 nitrogen and oxygen atoms in total. The number of likely N-dealkylation sites (tertiary alicyclic amines) is 2. The van der Waals surface area contributed by atoms with Crippen molar-refractivity contribution in [2.45, 2.75) is 69.1 Å². The Morgan fingerprint density at radius 2 is 1.69 bits per heavy atom. The van der Waals surface area contributed by atoms with Crippen LogP contribution in [0.25, 0.3) is 0 Å². The van der Waals surface area contributed by atoms with Crippen molar-refractivity contribution in [3.05, 3.63) is 0 Å². The van der Waals surface area contributed by atoms with Crippen LogP contribution < -0.4 is 0 Å². The highest BCUT2D eigenvalue weighted by molar-refractivity contribution is 5.76. The van der Waals surface area contributed by atoms with E-state index in [0.717, 1.165) is 32.5 Å². The number of rotatable bonds is 8. The lowest BCUT2D eigenvalue weighted by Gasteiger charge is -2.63. The van der Waals surface area contributed by atoms with Crippen LogP contribution in [-0.4, -0.2) is 87.1 Å². The molecule has 1 amide bonds. The zero-order valence-corrected chi connectivity index (χ0v) is 16.6. The molecule has 3 aliphatic rings. The van der Waals surface area contributed by atoms with Crippen LogP contribution in [0.2, 0.25) is 0 Å². The van der Waals surface area contributed by atoms with Gasteiger partial charge < -0.3 is 19.1 Å². The second-order valence-electron chi connectivity index (χ2n) is 8.02. The van der Waals surface area contributed by atoms with Crippen molar-refractivity contribution in [1.82, 2.24) is 9.80 Å². The van der Waals surface area contributed by atoms with Gasteiger partial charge in [-0.15, -0.1) is 0 Å². The van der Waals surface area contributed by atoms with Crippen LogP contribution in [0.1, 0.15) is 51.4 Å². The Labute approximate surface area is 158 Å². The van der Waals surface area contributed by atoms with Crippen LogP contribution in [0.3, 0.4) is 0 Å². The zero-order valence-electron chi connectivity index (χ0n) is 16.6. The number of methoxy groups -OCH3 is 2. The fourth-order valence-electron chi connectivity index (χ4n) is 5.14. The highest BCUT2D eigenvalue weighted by Crippen LogP contribution is 2.47. The molecule has 26 heavy (non-hydrogen) atoms. The first-order chi connectivity index (χ1) is 12.7. The van der Waals surface area contributed by atoms with E-state index < -0.39 is 0 Å². The minimum Gasteiger partial charge on any atom is -0.384 e. The SMILES string of the molecule is COCCOC1CN(C2CCN(C(=O)CCOC)CC2)C12CCCCC2. The van der Waals surface area contributed by atoms with E-state index in [9.17, 15) is 4.79 Å². The summed E-state index contributed by atoms with van der Waals surface area (Å²) in [6.07, 6.45) is 9.55. The van der Waals surface area contributed by atoms with Crippen LogP contribution in [0.15, 0.2) is 0 Å². The Morgan fingerprint density at radius 3 is 2.35 bits per heavy atom. The third-order valence-corrected chi connectivity index (χ3v) is 6.64. The summed E-state index contributed by atoms with van der Waals surface area (Å²) in [5, 5.41) is 0. The fraction of sp³-hybridized carbons (Fsp3) is 0.950. The van der Waals surface area contributed by atoms with Crippen molar-refractivity contribution in [3.63, 3.8) is 0 Å². The molecule has 3 rings (SSSR count). The van der Waals surface area contributed by atoms with E-state index in [2.05, 4.69) is 4.90 Å². The minimum atomic E-state index is 0.238. The predicted molar refractivity (Wildman–Crippen MR) is 100 cm³/mol. The molecule has 0 aromatic carbocycles. The highest BCUT2D eigenvalue weighted by Gasteiger charge is 2.56. The number of nitrogens with zero attached hydrogens (tertiary/aromatic N) is 2. The molecule has 0 N–H and O–H groups in total. The van der Waals surface area contributed by atoms with Gasteiger partial charge in [0.15, 0.2) is 0 Å². The highest BCUT2D eigenvalue weighted by atomic mass is 16.5. The van der Waals surface area contributed by atoms with Gasteiger partial charge in [-0.25, -0.2) is 0 Å². The number of hydrogen-bond acceptors (Lipinski definition) is 5. The number of carbonyl (C=O) groups is 1. The van der Waals surface area contributed by atoms with Gasteiger partial charge >= 0.3 is 0 Å². The lowest BCUT2D eigenvalue weighted by Crippen LogP contribution is -2.75. The van der Waals surface area contributed by atoms with Gasteiger partial charge in [0.25, 0.3) is 0 Å². The molecule has 1 atom stereocenters. The molecule has 0 bridgehead atoms. The van der Waals surface area contributed by atoms with Gasteiger partial charge in [0.2, 0.25) is 5.91 Å². The van der Waals surface area contributed by atoms with Crippen molar-refractivity contribution < 1.29 is 19.0 Å². The summed E-state index contributed by atoms with van der Waals surface area (Å²) in [4.78, 5) is 17.0. The standard InChI is InChI=1S/C20H36N2O4/c1-24-13-8-19(23)21-11-6-17(7-12-21)22-16-18(26-15-14-25-2)20(22)9-4-3-5-10-20/h17-18H,3-16H2,1-2H3. The molecule has 1 saturated carbocycles. The topological polar surface area (TPSA) is 51.2 Å². The largest absolute Gasteiger partial charge is 0.384 e. The maximum absolute atomic E-state index is 12.2. The van der Waals surface area contributed by atoms with Crippen LogP contribution in [0, 0.1) is 0 Å². The second-order valence-corrected chi connectivity index (χ2v) is 8.02. The van der Waals surface area contributed by atoms with Gasteiger partial charge in [-0.1, -0.05) is 19.3 Å². The summed E-state index contributed by atoms with van der Waals surface area (Å²) in [5.41, 5.74) is 0.249. The summed E-state index contributed by atoms with van der Waals surface area (Å²) in [6, 6.07) is 0.599. The average molecular weight is 369 g/mol. The van der Waals surface area contributed by atoms with Gasteiger partial charge in [0, 0.05) is 45.4 Å². The molecule has 150 valence electrons. The molecule has 2 aliphatic heterocycles. The third kappa shape index (κ3) is 4.24. The van der Waals surface area contributed by atoms with Gasteiger partial charge in [0.05, 0.1) is 32.3 Å². The number of ether oxygens (including phenoxy) is 3. The Kier molecular flexibility index (Phi) is 7.32. The summed E-state index contributed by atoms with van der Waals surface area (Å²) in [7, 11) is 3.38. The van der Waals surface area contributed by atoms with E-state index in [0.29, 0.717) is 38.4 Å². The van der Waals surface area contributed by atoms with E-state index in [-0.39, 0.29) is 11.4 Å². The monoisotopic (exact) mass is 368 g/mol. The van der Waals surface area contributed by atoms with Gasteiger partial charge in [-0.3, -0.25) is 9.69 Å². The molecule has 0 radical (unpaired) electrons. The lowest BCUT2D eigenvalue weighted by atomic mass is 9.69. The van der Waals surface area contributed by atoms with Gasteiger partial charge in [0.1, 0.15) is 0 Å². The molecular formula is C20H36N2O4. The molecule has 2 saturated heterocycles. The lowest BCUT2D eigenvalue weighted by molar-refractivity contribution is -0.204. The van der Waals surface area contributed by atoms with Crippen molar-refractivity contribution in [1.29, 1.82) is 0 Å². The quantitative estimate of drug-likeness (QED) is 0.614. The van der Waals surface area contributed by atoms with Crippen LogP contribution in [-0.2, 0) is 19.0 Å². The smallest absolute Gasteiger partial charge is 0.224 e.